The Morgan fingerprint density at radius 1 is 1.09 bits per heavy atom. The Morgan fingerprint density at radius 3 is 2.50 bits per heavy atom. The van der Waals surface area contributed by atoms with E-state index < -0.39 is 11.9 Å². The molecule has 6 nitrogen and oxygen atoms in total. The fourth-order valence-corrected chi connectivity index (χ4v) is 3.73. The zero-order valence-corrected chi connectivity index (χ0v) is 19.9. The molecular weight excluding hydrogens is 545 g/mol. The lowest BCUT2D eigenvalue weighted by Gasteiger charge is -2.14. The van der Waals surface area contributed by atoms with E-state index in [0.29, 0.717) is 22.6 Å². The van der Waals surface area contributed by atoms with Gasteiger partial charge < -0.3 is 19.9 Å². The molecule has 2 N–H and O–H groups in total. The van der Waals surface area contributed by atoms with E-state index in [2.05, 4.69) is 27.9 Å². The molecule has 3 aromatic carbocycles. The van der Waals surface area contributed by atoms with Crippen LogP contribution >= 0.6 is 34.2 Å². The van der Waals surface area contributed by atoms with Crippen LogP contribution in [0.25, 0.3) is 6.08 Å². The third kappa shape index (κ3) is 6.24. The van der Waals surface area contributed by atoms with Gasteiger partial charge in [0, 0.05) is 9.13 Å². The Morgan fingerprint density at radius 2 is 1.84 bits per heavy atom. The first-order valence-electron chi connectivity index (χ1n) is 9.43. The van der Waals surface area contributed by atoms with E-state index in [9.17, 15) is 14.7 Å². The summed E-state index contributed by atoms with van der Waals surface area (Å²) >= 11 is 8.63. The van der Waals surface area contributed by atoms with Gasteiger partial charge in [0.1, 0.15) is 12.3 Å². The lowest BCUT2D eigenvalue weighted by molar-refractivity contribution is -0.132. The molecule has 0 bridgehead atoms. The minimum Gasteiger partial charge on any atom is -0.493 e. The number of carboxylic acid groups (broad SMARTS) is 1. The summed E-state index contributed by atoms with van der Waals surface area (Å²) < 4.78 is 12.3. The molecule has 0 saturated heterocycles. The molecule has 0 fully saturated rings. The van der Waals surface area contributed by atoms with Crippen molar-refractivity contribution in [1.29, 1.82) is 0 Å². The normalized spacial score (nSPS) is 11.0. The smallest absolute Gasteiger partial charge is 0.352 e. The van der Waals surface area contributed by atoms with Gasteiger partial charge in [0.15, 0.2) is 11.5 Å². The number of carbonyl (C=O) groups excluding carboxylic acids is 1. The average molecular weight is 564 g/mol. The third-order valence-corrected chi connectivity index (χ3v) is 5.30. The Balaban J connectivity index is 1.84. The summed E-state index contributed by atoms with van der Waals surface area (Å²) in [5.41, 5.74) is 1.44. The van der Waals surface area contributed by atoms with E-state index in [0.717, 1.165) is 9.13 Å². The summed E-state index contributed by atoms with van der Waals surface area (Å²) in [7, 11) is 1.47. The number of carbonyl (C=O) groups is 2. The molecule has 0 saturated carbocycles. The standard InChI is InChI=1S/C24H19ClINO5/c1-31-21-13-16(11-19(25)22(21)32-14-15-6-5-9-18(26)10-15)12-20(24(29)30)27-23(28)17-7-3-2-4-8-17/h2-13H,14H2,1H3,(H,27,28)(H,29,30). The zero-order valence-electron chi connectivity index (χ0n) is 17.0. The first kappa shape index (κ1) is 23.6. The van der Waals surface area contributed by atoms with Gasteiger partial charge in [-0.05, 0) is 76.2 Å². The number of hydrogen-bond acceptors (Lipinski definition) is 4. The maximum Gasteiger partial charge on any atom is 0.352 e. The van der Waals surface area contributed by atoms with E-state index in [4.69, 9.17) is 21.1 Å². The summed E-state index contributed by atoms with van der Waals surface area (Å²) in [6, 6.07) is 19.3. The fraction of sp³-hybridized carbons (Fsp3) is 0.0833. The monoisotopic (exact) mass is 563 g/mol. The highest BCUT2D eigenvalue weighted by atomic mass is 127. The predicted molar refractivity (Wildman–Crippen MR) is 131 cm³/mol. The molecule has 8 heteroatoms. The van der Waals surface area contributed by atoms with Crippen LogP contribution in [0.15, 0.2) is 72.4 Å². The van der Waals surface area contributed by atoms with Gasteiger partial charge in [0.25, 0.3) is 5.91 Å². The molecule has 1 amide bonds. The quantitative estimate of drug-likeness (QED) is 0.284. The van der Waals surface area contributed by atoms with Crippen molar-refractivity contribution in [1.82, 2.24) is 5.32 Å². The highest BCUT2D eigenvalue weighted by Gasteiger charge is 2.16. The molecule has 0 aromatic heterocycles. The summed E-state index contributed by atoms with van der Waals surface area (Å²) in [6.07, 6.45) is 1.31. The van der Waals surface area contributed by atoms with E-state index in [1.807, 2.05) is 24.3 Å². The van der Waals surface area contributed by atoms with E-state index in [1.165, 1.54) is 13.2 Å². The second kappa shape index (κ2) is 11.0. The van der Waals surface area contributed by atoms with Gasteiger partial charge in [-0.1, -0.05) is 41.9 Å². The Kier molecular flexibility index (Phi) is 8.13. The molecule has 0 heterocycles. The first-order valence-corrected chi connectivity index (χ1v) is 10.9. The van der Waals surface area contributed by atoms with Crippen LogP contribution in [-0.2, 0) is 11.4 Å². The summed E-state index contributed by atoms with van der Waals surface area (Å²) in [6.45, 7) is 0.287. The number of benzene rings is 3. The molecule has 0 aliphatic carbocycles. The fourth-order valence-electron chi connectivity index (χ4n) is 2.85. The maximum atomic E-state index is 12.4. The van der Waals surface area contributed by atoms with Crippen LogP contribution in [0.3, 0.4) is 0 Å². The Bertz CT molecular complexity index is 1160. The Hall–Kier alpha value is -3.04. The topological polar surface area (TPSA) is 84.9 Å². The largest absolute Gasteiger partial charge is 0.493 e. The second-order valence-corrected chi connectivity index (χ2v) is 8.29. The summed E-state index contributed by atoms with van der Waals surface area (Å²) in [5, 5.41) is 12.2. The molecule has 32 heavy (non-hydrogen) atoms. The van der Waals surface area contributed by atoms with Crippen molar-refractivity contribution >= 4 is 52.1 Å². The molecule has 3 rings (SSSR count). The number of rotatable bonds is 8. The molecule has 0 aliphatic heterocycles. The van der Waals surface area contributed by atoms with Crippen molar-refractivity contribution < 1.29 is 24.2 Å². The number of methoxy groups -OCH3 is 1. The number of hydrogen-bond donors (Lipinski definition) is 2. The van der Waals surface area contributed by atoms with Crippen LogP contribution in [0, 0.1) is 3.57 Å². The highest BCUT2D eigenvalue weighted by molar-refractivity contribution is 14.1. The molecule has 3 aromatic rings. The van der Waals surface area contributed by atoms with Crippen LogP contribution in [0.4, 0.5) is 0 Å². The number of carboxylic acids is 1. The van der Waals surface area contributed by atoms with Gasteiger partial charge in [-0.15, -0.1) is 0 Å². The van der Waals surface area contributed by atoms with Crippen molar-refractivity contribution in [2.75, 3.05) is 7.11 Å². The molecule has 0 atom stereocenters. The minimum absolute atomic E-state index is 0.250. The van der Waals surface area contributed by atoms with Crippen molar-refractivity contribution in [3.8, 4) is 11.5 Å². The number of nitrogens with one attached hydrogen (secondary N) is 1. The highest BCUT2D eigenvalue weighted by Crippen LogP contribution is 2.37. The van der Waals surface area contributed by atoms with Gasteiger partial charge in [0.05, 0.1) is 12.1 Å². The van der Waals surface area contributed by atoms with Crippen LogP contribution in [0.1, 0.15) is 21.5 Å². The van der Waals surface area contributed by atoms with Crippen molar-refractivity contribution in [2.45, 2.75) is 6.61 Å². The average Bonchev–Trinajstić information content (AvgIpc) is 2.78. The van der Waals surface area contributed by atoms with Crippen molar-refractivity contribution in [3.05, 3.63) is 97.7 Å². The van der Waals surface area contributed by atoms with Crippen LogP contribution in [0.5, 0.6) is 11.5 Å². The molecular formula is C24H19ClINO5. The zero-order chi connectivity index (χ0) is 23.1. The van der Waals surface area contributed by atoms with Gasteiger partial charge in [-0.3, -0.25) is 4.79 Å². The van der Waals surface area contributed by atoms with Gasteiger partial charge in [-0.25, -0.2) is 4.79 Å². The molecule has 0 radical (unpaired) electrons. The number of ether oxygens (including phenoxy) is 2. The molecule has 0 aliphatic rings. The summed E-state index contributed by atoms with van der Waals surface area (Å²) in [4.78, 5) is 24.0. The molecule has 0 unspecified atom stereocenters. The number of halogens is 2. The number of amides is 1. The second-order valence-electron chi connectivity index (χ2n) is 6.64. The lowest BCUT2D eigenvalue weighted by atomic mass is 10.1. The molecule has 0 spiro atoms. The van der Waals surface area contributed by atoms with Gasteiger partial charge >= 0.3 is 5.97 Å². The van der Waals surface area contributed by atoms with E-state index >= 15 is 0 Å². The van der Waals surface area contributed by atoms with E-state index in [1.54, 1.807) is 42.5 Å². The summed E-state index contributed by atoms with van der Waals surface area (Å²) in [5.74, 6) is -1.14. The SMILES string of the molecule is COc1cc(C=C(NC(=O)c2ccccc2)C(=O)O)cc(Cl)c1OCc1cccc(I)c1. The van der Waals surface area contributed by atoms with Crippen molar-refractivity contribution in [3.63, 3.8) is 0 Å². The lowest BCUT2D eigenvalue weighted by Crippen LogP contribution is -2.27. The minimum atomic E-state index is -1.29. The Labute approximate surface area is 204 Å². The van der Waals surface area contributed by atoms with E-state index in [-0.39, 0.29) is 17.3 Å². The molecule has 164 valence electrons. The predicted octanol–water partition coefficient (Wildman–Crippen LogP) is 5.39. The van der Waals surface area contributed by atoms with Crippen LogP contribution in [-0.4, -0.2) is 24.1 Å². The van der Waals surface area contributed by atoms with Gasteiger partial charge in [0.2, 0.25) is 0 Å². The first-order chi connectivity index (χ1) is 15.4. The van der Waals surface area contributed by atoms with Crippen LogP contribution < -0.4 is 14.8 Å². The number of aliphatic carboxylic acids is 1. The third-order valence-electron chi connectivity index (χ3n) is 4.35. The maximum absolute atomic E-state index is 12.4. The van der Waals surface area contributed by atoms with Crippen LogP contribution in [0.2, 0.25) is 5.02 Å². The van der Waals surface area contributed by atoms with Gasteiger partial charge in [-0.2, -0.15) is 0 Å². The van der Waals surface area contributed by atoms with Crippen molar-refractivity contribution in [2.24, 2.45) is 0 Å².